The van der Waals surface area contributed by atoms with Crippen molar-refractivity contribution in [1.29, 1.82) is 0 Å². The molecule has 1 aromatic heterocycles. The molecule has 0 aliphatic carbocycles. The van der Waals surface area contributed by atoms with Gasteiger partial charge >= 0.3 is 0 Å². The zero-order chi connectivity index (χ0) is 13.8. The smallest absolute Gasteiger partial charge is 0.204 e. The first-order valence-corrected chi connectivity index (χ1v) is 6.37. The summed E-state index contributed by atoms with van der Waals surface area (Å²) in [5.41, 5.74) is 2.92. The minimum atomic E-state index is 0.0556. The number of tetrazole rings is 1. The van der Waals surface area contributed by atoms with Crippen molar-refractivity contribution in [2.75, 3.05) is 0 Å². The lowest BCUT2D eigenvalue weighted by atomic mass is 10.1. The van der Waals surface area contributed by atoms with Crippen LogP contribution in [0, 0.1) is 0 Å². The number of aliphatic hydroxyl groups is 1. The fraction of sp³-hybridized carbons (Fsp3) is 0.133. The van der Waals surface area contributed by atoms with Gasteiger partial charge in [-0.2, -0.15) is 4.80 Å². The van der Waals surface area contributed by atoms with Crippen LogP contribution in [-0.4, -0.2) is 25.3 Å². The van der Waals surface area contributed by atoms with Gasteiger partial charge in [0.2, 0.25) is 5.82 Å². The fourth-order valence-corrected chi connectivity index (χ4v) is 1.93. The Morgan fingerprint density at radius 3 is 2.30 bits per heavy atom. The largest absolute Gasteiger partial charge is 0.392 e. The van der Waals surface area contributed by atoms with Gasteiger partial charge in [-0.25, -0.2) is 0 Å². The van der Waals surface area contributed by atoms with Crippen molar-refractivity contribution in [3.8, 4) is 11.4 Å². The highest BCUT2D eigenvalue weighted by molar-refractivity contribution is 5.52. The van der Waals surface area contributed by atoms with Crippen LogP contribution in [0.3, 0.4) is 0 Å². The molecule has 0 spiro atoms. The molecule has 0 radical (unpaired) electrons. The molecule has 3 rings (SSSR count). The molecule has 0 aliphatic heterocycles. The molecular formula is C15H14N4O. The lowest BCUT2D eigenvalue weighted by Gasteiger charge is -2.01. The zero-order valence-corrected chi connectivity index (χ0v) is 10.8. The van der Waals surface area contributed by atoms with Crippen LogP contribution >= 0.6 is 0 Å². The Bertz CT molecular complexity index is 677. The molecular weight excluding hydrogens is 252 g/mol. The first kappa shape index (κ1) is 12.5. The highest BCUT2D eigenvalue weighted by Gasteiger charge is 2.05. The van der Waals surface area contributed by atoms with Gasteiger partial charge < -0.3 is 5.11 Å². The number of benzene rings is 2. The molecule has 20 heavy (non-hydrogen) atoms. The van der Waals surface area contributed by atoms with Crippen LogP contribution in [-0.2, 0) is 13.2 Å². The summed E-state index contributed by atoms with van der Waals surface area (Å²) < 4.78 is 0. The normalized spacial score (nSPS) is 10.7. The number of hydrogen-bond acceptors (Lipinski definition) is 4. The summed E-state index contributed by atoms with van der Waals surface area (Å²) in [7, 11) is 0. The molecule has 0 saturated carbocycles. The monoisotopic (exact) mass is 266 g/mol. The minimum absolute atomic E-state index is 0.0556. The lowest BCUT2D eigenvalue weighted by Crippen LogP contribution is -2.04. The van der Waals surface area contributed by atoms with Crippen molar-refractivity contribution in [3.63, 3.8) is 0 Å². The summed E-state index contributed by atoms with van der Waals surface area (Å²) in [4.78, 5) is 1.57. The summed E-state index contributed by atoms with van der Waals surface area (Å²) in [6, 6.07) is 17.5. The Kier molecular flexibility index (Phi) is 3.52. The Morgan fingerprint density at radius 1 is 0.900 bits per heavy atom. The van der Waals surface area contributed by atoms with Crippen LogP contribution in [0.1, 0.15) is 11.1 Å². The predicted octanol–water partition coefficient (Wildman–Crippen LogP) is 1.88. The molecule has 100 valence electrons. The maximum absolute atomic E-state index is 9.01. The summed E-state index contributed by atoms with van der Waals surface area (Å²) in [6.45, 7) is 0.617. The predicted molar refractivity (Wildman–Crippen MR) is 74.7 cm³/mol. The Morgan fingerprint density at radius 2 is 1.60 bits per heavy atom. The molecule has 0 unspecified atom stereocenters. The molecule has 2 aromatic carbocycles. The summed E-state index contributed by atoms with van der Waals surface area (Å²) in [6.07, 6.45) is 0. The van der Waals surface area contributed by atoms with E-state index in [1.165, 1.54) is 0 Å². The molecule has 0 aliphatic rings. The average Bonchev–Trinajstić information content (AvgIpc) is 2.97. The fourth-order valence-electron chi connectivity index (χ4n) is 1.93. The molecule has 0 saturated heterocycles. The van der Waals surface area contributed by atoms with E-state index >= 15 is 0 Å². The second-order valence-corrected chi connectivity index (χ2v) is 4.48. The standard InChI is InChI=1S/C15H14N4O/c20-11-13-8-6-12(7-9-13)10-19-17-15(16-18-19)14-4-2-1-3-5-14/h1-9,20H,10-11H2. The lowest BCUT2D eigenvalue weighted by molar-refractivity contribution is 0.282. The van der Waals surface area contributed by atoms with Crippen molar-refractivity contribution in [3.05, 3.63) is 65.7 Å². The topological polar surface area (TPSA) is 63.8 Å². The van der Waals surface area contributed by atoms with Gasteiger partial charge in [0.25, 0.3) is 0 Å². The highest BCUT2D eigenvalue weighted by atomic mass is 16.3. The van der Waals surface area contributed by atoms with E-state index in [-0.39, 0.29) is 6.61 Å². The molecule has 0 atom stereocenters. The van der Waals surface area contributed by atoms with Gasteiger partial charge in [-0.1, -0.05) is 54.6 Å². The first-order valence-electron chi connectivity index (χ1n) is 6.37. The van der Waals surface area contributed by atoms with Crippen LogP contribution in [0.2, 0.25) is 0 Å². The maximum atomic E-state index is 9.01. The number of rotatable bonds is 4. The molecule has 5 heteroatoms. The number of hydrogen-bond donors (Lipinski definition) is 1. The van der Waals surface area contributed by atoms with Crippen molar-refractivity contribution >= 4 is 0 Å². The second-order valence-electron chi connectivity index (χ2n) is 4.48. The summed E-state index contributed by atoms with van der Waals surface area (Å²) in [5.74, 6) is 0.623. The zero-order valence-electron chi connectivity index (χ0n) is 10.8. The third-order valence-corrected chi connectivity index (χ3v) is 3.01. The van der Waals surface area contributed by atoms with Gasteiger partial charge in [0.05, 0.1) is 13.2 Å². The van der Waals surface area contributed by atoms with Crippen molar-refractivity contribution in [2.24, 2.45) is 0 Å². The third-order valence-electron chi connectivity index (χ3n) is 3.01. The number of nitrogens with zero attached hydrogens (tertiary/aromatic N) is 4. The molecule has 1 heterocycles. The van der Waals surface area contributed by atoms with Crippen molar-refractivity contribution in [1.82, 2.24) is 20.2 Å². The van der Waals surface area contributed by atoms with Gasteiger partial charge in [0.15, 0.2) is 0 Å². The third kappa shape index (κ3) is 2.73. The van der Waals surface area contributed by atoms with E-state index in [0.29, 0.717) is 12.4 Å². The molecule has 5 nitrogen and oxygen atoms in total. The van der Waals surface area contributed by atoms with Crippen LogP contribution in [0.5, 0.6) is 0 Å². The number of aliphatic hydroxyl groups excluding tert-OH is 1. The summed E-state index contributed by atoms with van der Waals surface area (Å²) >= 11 is 0. The molecule has 1 N–H and O–H groups in total. The van der Waals surface area contributed by atoms with E-state index in [9.17, 15) is 0 Å². The van der Waals surface area contributed by atoms with E-state index in [2.05, 4.69) is 15.4 Å². The van der Waals surface area contributed by atoms with E-state index in [4.69, 9.17) is 5.11 Å². The maximum Gasteiger partial charge on any atom is 0.204 e. The van der Waals surface area contributed by atoms with Gasteiger partial charge in [-0.15, -0.1) is 10.2 Å². The summed E-state index contributed by atoms with van der Waals surface area (Å²) in [5, 5.41) is 21.5. The molecule has 0 bridgehead atoms. The highest BCUT2D eigenvalue weighted by Crippen LogP contribution is 2.12. The van der Waals surface area contributed by atoms with Crippen LogP contribution in [0.4, 0.5) is 0 Å². The molecule has 0 fully saturated rings. The molecule has 3 aromatic rings. The van der Waals surface area contributed by atoms with E-state index in [1.54, 1.807) is 4.80 Å². The van der Waals surface area contributed by atoms with Crippen molar-refractivity contribution < 1.29 is 5.11 Å². The SMILES string of the molecule is OCc1ccc(Cn2nnc(-c3ccccc3)n2)cc1. The van der Waals surface area contributed by atoms with Crippen molar-refractivity contribution in [2.45, 2.75) is 13.2 Å². The van der Waals surface area contributed by atoms with Crippen LogP contribution in [0.25, 0.3) is 11.4 Å². The number of aromatic nitrogens is 4. The van der Waals surface area contributed by atoms with E-state index in [1.807, 2.05) is 54.6 Å². The van der Waals surface area contributed by atoms with E-state index < -0.39 is 0 Å². The first-order chi connectivity index (χ1) is 9.85. The Labute approximate surface area is 116 Å². The van der Waals surface area contributed by atoms with Gasteiger partial charge in [0.1, 0.15) is 0 Å². The Balaban J connectivity index is 1.77. The van der Waals surface area contributed by atoms with Crippen LogP contribution < -0.4 is 0 Å². The van der Waals surface area contributed by atoms with Gasteiger partial charge in [-0.3, -0.25) is 0 Å². The second kappa shape index (κ2) is 5.63. The van der Waals surface area contributed by atoms with Crippen LogP contribution in [0.15, 0.2) is 54.6 Å². The van der Waals surface area contributed by atoms with Gasteiger partial charge in [-0.05, 0) is 16.3 Å². The van der Waals surface area contributed by atoms with E-state index in [0.717, 1.165) is 16.7 Å². The average molecular weight is 266 g/mol. The van der Waals surface area contributed by atoms with Gasteiger partial charge in [0, 0.05) is 5.56 Å². The minimum Gasteiger partial charge on any atom is -0.392 e. The Hall–Kier alpha value is -2.53. The quantitative estimate of drug-likeness (QED) is 0.783. The molecule has 0 amide bonds.